The average molecular weight is 416 g/mol. The maximum absolute atomic E-state index is 12.7. The van der Waals surface area contributed by atoms with E-state index in [9.17, 15) is 9.59 Å². The van der Waals surface area contributed by atoms with Crippen molar-refractivity contribution in [2.75, 3.05) is 5.75 Å². The number of amides is 1. The Hall–Kier alpha value is -2.26. The lowest BCUT2D eigenvalue weighted by Crippen LogP contribution is -2.29. The number of rotatable bonds is 7. The summed E-state index contributed by atoms with van der Waals surface area (Å²) in [7, 11) is 1.84. The number of hydrogen-bond acceptors (Lipinski definition) is 7. The van der Waals surface area contributed by atoms with E-state index >= 15 is 0 Å². The first-order valence-corrected chi connectivity index (χ1v) is 10.9. The first-order chi connectivity index (χ1) is 13.4. The molecule has 0 radical (unpaired) electrons. The van der Waals surface area contributed by atoms with Gasteiger partial charge in [0.15, 0.2) is 11.4 Å². The van der Waals surface area contributed by atoms with E-state index in [-0.39, 0.29) is 23.4 Å². The van der Waals surface area contributed by atoms with Gasteiger partial charge in [0.05, 0.1) is 28.1 Å². The van der Waals surface area contributed by atoms with Gasteiger partial charge in [0.1, 0.15) is 10.9 Å². The summed E-state index contributed by atoms with van der Waals surface area (Å²) in [6, 6.07) is 4.04. The van der Waals surface area contributed by atoms with Crippen LogP contribution >= 0.6 is 23.1 Å². The van der Waals surface area contributed by atoms with Gasteiger partial charge in [-0.15, -0.1) is 11.3 Å². The number of carbonyl (C=O) groups is 2. The molecular weight excluding hydrogens is 394 g/mol. The summed E-state index contributed by atoms with van der Waals surface area (Å²) in [5.41, 5.74) is 0.761. The number of aromatic nitrogens is 4. The highest BCUT2D eigenvalue weighted by Gasteiger charge is 2.27. The molecule has 1 atom stereocenters. The van der Waals surface area contributed by atoms with Gasteiger partial charge in [-0.05, 0) is 38.8 Å². The highest BCUT2D eigenvalue weighted by atomic mass is 32.2. The molecule has 1 fully saturated rings. The fourth-order valence-corrected chi connectivity index (χ4v) is 4.84. The van der Waals surface area contributed by atoms with Crippen LogP contribution in [-0.2, 0) is 11.8 Å². The second-order valence-corrected chi connectivity index (χ2v) is 9.08. The van der Waals surface area contributed by atoms with E-state index in [1.807, 2.05) is 33.0 Å². The molecule has 0 saturated heterocycles. The Morgan fingerprint density at radius 2 is 2.14 bits per heavy atom. The molecule has 9 heteroatoms. The molecule has 1 aliphatic carbocycles. The number of carbonyl (C=O) groups excluding carboxylic acids is 2. The molecule has 0 aliphatic heterocycles. The van der Waals surface area contributed by atoms with Crippen LogP contribution in [0, 0.1) is 6.92 Å². The lowest BCUT2D eigenvalue weighted by Gasteiger charge is -2.09. The van der Waals surface area contributed by atoms with Crippen LogP contribution in [0.15, 0.2) is 23.4 Å². The molecule has 3 heterocycles. The first kappa shape index (κ1) is 19.1. The van der Waals surface area contributed by atoms with Crippen LogP contribution < -0.4 is 5.32 Å². The average Bonchev–Trinajstić information content (AvgIpc) is 3.21. The fraction of sp³-hybridized carbons (Fsp3) is 0.421. The van der Waals surface area contributed by atoms with Crippen molar-refractivity contribution >= 4 is 45.8 Å². The summed E-state index contributed by atoms with van der Waals surface area (Å²) < 4.78 is 1.70. The second-order valence-electron chi connectivity index (χ2n) is 7.00. The van der Waals surface area contributed by atoms with Crippen molar-refractivity contribution in [2.45, 2.75) is 43.7 Å². The Bertz CT molecular complexity index is 1050. The molecule has 0 spiro atoms. The molecule has 1 unspecified atom stereocenters. The van der Waals surface area contributed by atoms with Crippen molar-refractivity contribution in [3.63, 3.8) is 0 Å². The van der Waals surface area contributed by atoms with Crippen molar-refractivity contribution in [2.24, 2.45) is 7.05 Å². The van der Waals surface area contributed by atoms with Gasteiger partial charge in [0.25, 0.3) is 0 Å². The lowest BCUT2D eigenvalue weighted by molar-refractivity contribution is -0.122. The third kappa shape index (κ3) is 3.95. The first-order valence-electron chi connectivity index (χ1n) is 9.15. The molecule has 0 bridgehead atoms. The molecule has 3 aromatic rings. The van der Waals surface area contributed by atoms with Gasteiger partial charge in [-0.25, -0.2) is 9.97 Å². The third-order valence-electron chi connectivity index (χ3n) is 4.65. The van der Waals surface area contributed by atoms with Gasteiger partial charge in [-0.1, -0.05) is 11.8 Å². The fourth-order valence-electron chi connectivity index (χ4n) is 2.83. The van der Waals surface area contributed by atoms with Gasteiger partial charge in [-0.3, -0.25) is 14.3 Å². The summed E-state index contributed by atoms with van der Waals surface area (Å²) in [5.74, 6) is 0.764. The molecular formula is C19H21N5O2S2. The molecule has 4 rings (SSSR count). The van der Waals surface area contributed by atoms with Crippen molar-refractivity contribution in [1.29, 1.82) is 0 Å². The van der Waals surface area contributed by atoms with E-state index in [0.29, 0.717) is 16.7 Å². The predicted molar refractivity (Wildman–Crippen MR) is 110 cm³/mol. The molecule has 1 saturated carbocycles. The zero-order valence-electron chi connectivity index (χ0n) is 15.9. The maximum Gasteiger partial charge on any atom is 0.228 e. The smallest absolute Gasteiger partial charge is 0.228 e. The van der Waals surface area contributed by atoms with Crippen LogP contribution in [-0.4, -0.2) is 43.2 Å². The minimum Gasteiger partial charge on any atom is -0.353 e. The normalized spacial score (nSPS) is 15.0. The van der Waals surface area contributed by atoms with E-state index < -0.39 is 0 Å². The summed E-state index contributed by atoms with van der Waals surface area (Å²) in [6.07, 6.45) is 3.86. The molecule has 0 aromatic carbocycles. The molecule has 28 heavy (non-hydrogen) atoms. The predicted octanol–water partition coefficient (Wildman–Crippen LogP) is 3.09. The Labute approximate surface area is 170 Å². The highest BCUT2D eigenvalue weighted by molar-refractivity contribution is 8.00. The van der Waals surface area contributed by atoms with Gasteiger partial charge in [0, 0.05) is 18.0 Å². The number of nitrogens with one attached hydrogen (secondary N) is 1. The number of fused-ring (bicyclic) bond motifs is 1. The summed E-state index contributed by atoms with van der Waals surface area (Å²) in [5, 5.41) is 8.86. The monoisotopic (exact) mass is 415 g/mol. The molecule has 7 nitrogen and oxygen atoms in total. The van der Waals surface area contributed by atoms with Crippen LogP contribution in [0.5, 0.6) is 0 Å². The molecule has 3 aromatic heterocycles. The van der Waals surface area contributed by atoms with Crippen molar-refractivity contribution in [3.05, 3.63) is 33.9 Å². The second kappa shape index (κ2) is 7.63. The van der Waals surface area contributed by atoms with Crippen LogP contribution in [0.1, 0.15) is 46.1 Å². The molecule has 1 aliphatic rings. The van der Waals surface area contributed by atoms with Crippen molar-refractivity contribution < 1.29 is 9.59 Å². The zero-order valence-corrected chi connectivity index (χ0v) is 17.6. The van der Waals surface area contributed by atoms with E-state index in [0.717, 1.165) is 33.8 Å². The third-order valence-corrected chi connectivity index (χ3v) is 6.95. The largest absolute Gasteiger partial charge is 0.353 e. The van der Waals surface area contributed by atoms with Gasteiger partial charge < -0.3 is 5.32 Å². The quantitative estimate of drug-likeness (QED) is 0.362. The Morgan fingerprint density at radius 1 is 1.36 bits per heavy atom. The Balaban J connectivity index is 1.43. The molecule has 1 amide bonds. The minimum absolute atomic E-state index is 0.0318. The van der Waals surface area contributed by atoms with Crippen molar-refractivity contribution in [1.82, 2.24) is 25.1 Å². The zero-order chi connectivity index (χ0) is 19.8. The minimum atomic E-state index is -0.237. The van der Waals surface area contributed by atoms with Gasteiger partial charge in [-0.2, -0.15) is 5.10 Å². The number of Topliss-reactive ketones (excluding diaryl/α,β-unsaturated/α-hetero) is 1. The number of nitrogens with zero attached hydrogens (tertiary/aromatic N) is 4. The Morgan fingerprint density at radius 3 is 2.89 bits per heavy atom. The molecule has 146 valence electrons. The molecule has 1 N–H and O–H groups in total. The highest BCUT2D eigenvalue weighted by Crippen LogP contribution is 2.30. The van der Waals surface area contributed by atoms with Crippen LogP contribution in [0.25, 0.3) is 11.0 Å². The number of thiophene rings is 1. The number of hydrogen-bond donors (Lipinski definition) is 1. The van der Waals surface area contributed by atoms with E-state index in [2.05, 4.69) is 20.4 Å². The topological polar surface area (TPSA) is 89.8 Å². The number of ketones is 1. The SMILES string of the molecule is Cc1nc(SCC(=O)c2ccc(C(C)C(=O)NC3CC3)s2)c2cnn(C)c2n1. The number of aryl methyl sites for hydroxylation is 2. The van der Waals surface area contributed by atoms with E-state index in [1.165, 1.54) is 23.1 Å². The summed E-state index contributed by atoms with van der Waals surface area (Å²) in [4.78, 5) is 35.3. The van der Waals surface area contributed by atoms with Crippen LogP contribution in [0.2, 0.25) is 0 Å². The van der Waals surface area contributed by atoms with E-state index in [1.54, 1.807) is 10.9 Å². The standard InChI is InChI=1S/C19H21N5O2S2/c1-10(18(26)23-12-4-5-12)15-6-7-16(28-15)14(25)9-27-19-13-8-20-24(3)17(13)21-11(2)22-19/h6-8,10,12H,4-5,9H2,1-3H3,(H,23,26). The summed E-state index contributed by atoms with van der Waals surface area (Å²) in [6.45, 7) is 3.72. The summed E-state index contributed by atoms with van der Waals surface area (Å²) >= 11 is 2.79. The van der Waals surface area contributed by atoms with Crippen LogP contribution in [0.3, 0.4) is 0 Å². The maximum atomic E-state index is 12.7. The Kier molecular flexibility index (Phi) is 5.20. The number of thioether (sulfide) groups is 1. The van der Waals surface area contributed by atoms with Crippen molar-refractivity contribution in [3.8, 4) is 0 Å². The lowest BCUT2D eigenvalue weighted by atomic mass is 10.1. The van der Waals surface area contributed by atoms with Crippen LogP contribution in [0.4, 0.5) is 0 Å². The van der Waals surface area contributed by atoms with Gasteiger partial charge >= 0.3 is 0 Å². The van der Waals surface area contributed by atoms with Gasteiger partial charge in [0.2, 0.25) is 5.91 Å². The van der Waals surface area contributed by atoms with E-state index in [4.69, 9.17) is 0 Å².